The van der Waals surface area contributed by atoms with E-state index in [0.717, 1.165) is 70.2 Å². The summed E-state index contributed by atoms with van der Waals surface area (Å²) in [7, 11) is 1.53. The quantitative estimate of drug-likeness (QED) is 0.434. The molecule has 178 valence electrons. The molecule has 0 spiro atoms. The number of ether oxygens (including phenoxy) is 1. The molecule has 0 amide bonds. The van der Waals surface area contributed by atoms with Gasteiger partial charge in [-0.25, -0.2) is 0 Å². The summed E-state index contributed by atoms with van der Waals surface area (Å²) < 4.78 is 5.12. The normalized spacial score (nSPS) is 24.1. The van der Waals surface area contributed by atoms with Gasteiger partial charge in [-0.15, -0.1) is 0 Å². The van der Waals surface area contributed by atoms with E-state index in [1.807, 2.05) is 0 Å². The predicted octanol–water partition coefficient (Wildman–Crippen LogP) is 5.37. The summed E-state index contributed by atoms with van der Waals surface area (Å²) in [6.45, 7) is 9.13. The molecule has 1 saturated carbocycles. The molecule has 3 fully saturated rings. The summed E-state index contributed by atoms with van der Waals surface area (Å²) in [4.78, 5) is 17.6. The van der Waals surface area contributed by atoms with Crippen molar-refractivity contribution in [2.24, 2.45) is 5.41 Å². The van der Waals surface area contributed by atoms with Crippen LogP contribution in [0.5, 0.6) is 0 Å². The molecular formula is C27H43N3O2. The van der Waals surface area contributed by atoms with Crippen LogP contribution in [0, 0.1) is 12.3 Å². The third-order valence-electron chi connectivity index (χ3n) is 8.44. The van der Waals surface area contributed by atoms with Crippen molar-refractivity contribution < 1.29 is 9.53 Å². The summed E-state index contributed by atoms with van der Waals surface area (Å²) in [5.74, 6) is -0.00140. The molecule has 5 nitrogen and oxygen atoms in total. The fraction of sp³-hybridized carbons (Fsp3) is 0.741. The summed E-state index contributed by atoms with van der Waals surface area (Å²) in [5.41, 5.74) is 3.65. The highest BCUT2D eigenvalue weighted by Gasteiger charge is 2.41. The average Bonchev–Trinajstić information content (AvgIpc) is 3.47. The fourth-order valence-electron chi connectivity index (χ4n) is 6.47. The predicted molar refractivity (Wildman–Crippen MR) is 132 cm³/mol. The number of likely N-dealkylation sites (tertiary alicyclic amines) is 1. The zero-order chi connectivity index (χ0) is 22.6. The van der Waals surface area contributed by atoms with E-state index in [2.05, 4.69) is 47.2 Å². The maximum absolute atomic E-state index is 12.3. The summed E-state index contributed by atoms with van der Waals surface area (Å²) >= 11 is 0. The van der Waals surface area contributed by atoms with Crippen LogP contribution in [0.3, 0.4) is 0 Å². The molecule has 2 saturated heterocycles. The third kappa shape index (κ3) is 5.08. The molecule has 0 bridgehead atoms. The van der Waals surface area contributed by atoms with Gasteiger partial charge >= 0.3 is 5.97 Å². The lowest BCUT2D eigenvalue weighted by atomic mass is 9.81. The first-order valence-corrected chi connectivity index (χ1v) is 13.0. The van der Waals surface area contributed by atoms with E-state index < -0.39 is 0 Å². The molecule has 1 N–H and O–H groups in total. The van der Waals surface area contributed by atoms with E-state index in [0.29, 0.717) is 0 Å². The largest absolute Gasteiger partial charge is 0.469 e. The first-order valence-electron chi connectivity index (χ1n) is 13.0. The first kappa shape index (κ1) is 23.4. The number of nitrogens with one attached hydrogen (secondary N) is 1. The van der Waals surface area contributed by atoms with Crippen molar-refractivity contribution in [1.29, 1.82) is 0 Å². The number of nitrogens with zero attached hydrogens (tertiary/aromatic N) is 2. The maximum atomic E-state index is 12.3. The second kappa shape index (κ2) is 10.5. The lowest BCUT2D eigenvalue weighted by Crippen LogP contribution is -2.46. The minimum atomic E-state index is -0.228. The van der Waals surface area contributed by atoms with Crippen LogP contribution in [-0.4, -0.2) is 56.2 Å². The fourth-order valence-corrected chi connectivity index (χ4v) is 6.47. The second-order valence-electron chi connectivity index (χ2n) is 10.5. The molecule has 32 heavy (non-hydrogen) atoms. The van der Waals surface area contributed by atoms with Crippen LogP contribution in [0.15, 0.2) is 18.2 Å². The molecule has 3 aliphatic rings. The molecule has 4 rings (SSSR count). The second-order valence-corrected chi connectivity index (χ2v) is 10.5. The number of rotatable bonds is 8. The van der Waals surface area contributed by atoms with Crippen LogP contribution < -0.4 is 10.2 Å². The monoisotopic (exact) mass is 441 g/mol. The van der Waals surface area contributed by atoms with Crippen LogP contribution in [0.2, 0.25) is 0 Å². The van der Waals surface area contributed by atoms with E-state index in [1.165, 1.54) is 56.3 Å². The van der Waals surface area contributed by atoms with Crippen LogP contribution in [-0.2, 0) is 9.53 Å². The molecule has 2 heterocycles. The lowest BCUT2D eigenvalue weighted by molar-refractivity contribution is -0.153. The highest BCUT2D eigenvalue weighted by Crippen LogP contribution is 2.43. The molecule has 0 aromatic heterocycles. The third-order valence-corrected chi connectivity index (χ3v) is 8.44. The number of piperidine rings is 1. The van der Waals surface area contributed by atoms with Gasteiger partial charge in [0, 0.05) is 43.1 Å². The zero-order valence-electron chi connectivity index (χ0n) is 20.5. The number of hydrogen-bond donors (Lipinski definition) is 1. The number of aryl methyl sites for hydroxylation is 1. The lowest BCUT2D eigenvalue weighted by Gasteiger charge is -2.39. The van der Waals surface area contributed by atoms with Gasteiger partial charge in [0.25, 0.3) is 0 Å². The Morgan fingerprint density at radius 3 is 2.50 bits per heavy atom. The van der Waals surface area contributed by atoms with Crippen LogP contribution in [0.1, 0.15) is 76.7 Å². The summed E-state index contributed by atoms with van der Waals surface area (Å²) in [5, 5.41) is 3.61. The van der Waals surface area contributed by atoms with E-state index >= 15 is 0 Å². The van der Waals surface area contributed by atoms with Crippen LogP contribution in [0.4, 0.5) is 11.4 Å². The minimum absolute atomic E-state index is 0.00140. The van der Waals surface area contributed by atoms with Crippen molar-refractivity contribution in [1.82, 2.24) is 4.90 Å². The Hall–Kier alpha value is -1.75. The summed E-state index contributed by atoms with van der Waals surface area (Å²) in [6, 6.07) is 8.41. The highest BCUT2D eigenvalue weighted by molar-refractivity contribution is 5.77. The minimum Gasteiger partial charge on any atom is -0.469 e. The van der Waals surface area contributed by atoms with E-state index in [9.17, 15) is 4.79 Å². The molecule has 1 aliphatic carbocycles. The maximum Gasteiger partial charge on any atom is 0.311 e. The number of carbonyl (C=O) groups excluding carboxylic acids is 1. The number of anilines is 2. The van der Waals surface area contributed by atoms with Crippen molar-refractivity contribution in [3.05, 3.63) is 23.8 Å². The van der Waals surface area contributed by atoms with Gasteiger partial charge < -0.3 is 15.0 Å². The van der Waals surface area contributed by atoms with Crippen molar-refractivity contribution in [3.63, 3.8) is 0 Å². The molecule has 5 heteroatoms. The van der Waals surface area contributed by atoms with Crippen LogP contribution in [0.25, 0.3) is 0 Å². The Bertz CT molecular complexity index is 766. The van der Waals surface area contributed by atoms with Gasteiger partial charge in [0.2, 0.25) is 0 Å². The Balaban J connectivity index is 1.25. The number of benzene rings is 1. The first-order chi connectivity index (χ1) is 15.5. The van der Waals surface area contributed by atoms with Crippen molar-refractivity contribution in [2.45, 2.75) is 90.1 Å². The van der Waals surface area contributed by atoms with E-state index in [4.69, 9.17) is 4.74 Å². The molecule has 1 aromatic rings. The number of esters is 1. The smallest absolute Gasteiger partial charge is 0.311 e. The van der Waals surface area contributed by atoms with Crippen molar-refractivity contribution in [3.8, 4) is 0 Å². The van der Waals surface area contributed by atoms with Crippen LogP contribution >= 0.6 is 0 Å². The average molecular weight is 442 g/mol. The standard InChI is InChI=1S/C27H43N3O2/c1-21-20-24(29-18-11-23(12-19-29)30-17-6-8-22(30)2)9-10-25(21)28-16-7-15-27(26(31)32-3)13-4-5-14-27/h9-10,20,22-23,28H,4-8,11-19H2,1-3H3/t22-/m0/s1. The molecule has 1 aromatic carbocycles. The van der Waals surface area contributed by atoms with Gasteiger partial charge in [0.15, 0.2) is 0 Å². The summed E-state index contributed by atoms with van der Waals surface area (Å²) in [6.07, 6.45) is 11.5. The van der Waals surface area contributed by atoms with Gasteiger partial charge in [-0.3, -0.25) is 9.69 Å². The molecular weight excluding hydrogens is 398 g/mol. The Morgan fingerprint density at radius 1 is 1.12 bits per heavy atom. The molecule has 0 radical (unpaired) electrons. The molecule has 2 aliphatic heterocycles. The number of methoxy groups -OCH3 is 1. The molecule has 0 unspecified atom stereocenters. The Kier molecular flexibility index (Phi) is 7.65. The van der Waals surface area contributed by atoms with Crippen molar-refractivity contribution >= 4 is 17.3 Å². The highest BCUT2D eigenvalue weighted by atomic mass is 16.5. The SMILES string of the molecule is COC(=O)C1(CCCNc2ccc(N3CCC(N4CCC[C@@H]4C)CC3)cc2C)CCCC1. The molecule has 1 atom stereocenters. The zero-order valence-corrected chi connectivity index (χ0v) is 20.5. The van der Waals surface area contributed by atoms with Gasteiger partial charge in [-0.1, -0.05) is 12.8 Å². The van der Waals surface area contributed by atoms with Crippen molar-refractivity contribution in [2.75, 3.05) is 43.5 Å². The number of hydrogen-bond acceptors (Lipinski definition) is 5. The van der Waals surface area contributed by atoms with Gasteiger partial charge in [0.1, 0.15) is 0 Å². The van der Waals surface area contributed by atoms with E-state index in [1.54, 1.807) is 0 Å². The van der Waals surface area contributed by atoms with Gasteiger partial charge in [-0.05, 0) is 95.5 Å². The number of carbonyl (C=O) groups is 1. The topological polar surface area (TPSA) is 44.8 Å². The van der Waals surface area contributed by atoms with E-state index in [-0.39, 0.29) is 11.4 Å². The van der Waals surface area contributed by atoms with Gasteiger partial charge in [0.05, 0.1) is 12.5 Å². The Morgan fingerprint density at radius 2 is 1.88 bits per heavy atom. The van der Waals surface area contributed by atoms with Gasteiger partial charge in [-0.2, -0.15) is 0 Å². The Labute approximate surface area is 194 Å².